The monoisotopic (exact) mass is 259 g/mol. The van der Waals surface area contributed by atoms with E-state index >= 15 is 0 Å². The van der Waals surface area contributed by atoms with Gasteiger partial charge in [0.1, 0.15) is 5.25 Å². The second kappa shape index (κ2) is 5.14. The lowest BCUT2D eigenvalue weighted by Gasteiger charge is -2.01. The summed E-state index contributed by atoms with van der Waals surface area (Å²) in [4.78, 5) is 4.17. The lowest BCUT2D eigenvalue weighted by atomic mass is 10.2. The number of hydrogen-bond acceptors (Lipinski definition) is 6. The summed E-state index contributed by atoms with van der Waals surface area (Å²) < 4.78 is 28.5. The first-order chi connectivity index (χ1) is 8.13. The molecule has 0 aliphatic carbocycles. The summed E-state index contributed by atoms with van der Waals surface area (Å²) in [5.74, 6) is 1.10. The molecule has 1 unspecified atom stereocenters. The second-order valence-electron chi connectivity index (χ2n) is 4.25. The molecule has 0 spiro atoms. The van der Waals surface area contributed by atoms with Gasteiger partial charge in [0.25, 0.3) is 0 Å². The molecule has 0 aromatic carbocycles. The third-order valence-electron chi connectivity index (χ3n) is 2.92. The molecule has 1 aliphatic rings. The highest BCUT2D eigenvalue weighted by atomic mass is 32.2. The van der Waals surface area contributed by atoms with Crippen LogP contribution >= 0.6 is 0 Å². The van der Waals surface area contributed by atoms with Crippen molar-refractivity contribution >= 4 is 9.84 Å². The normalized spacial score (nSPS) is 23.0. The molecule has 1 fully saturated rings. The Morgan fingerprint density at radius 1 is 1.53 bits per heavy atom. The van der Waals surface area contributed by atoms with Crippen molar-refractivity contribution in [3.63, 3.8) is 0 Å². The number of sulfone groups is 1. The van der Waals surface area contributed by atoms with Gasteiger partial charge in [-0.2, -0.15) is 4.98 Å². The molecule has 0 saturated carbocycles. The summed E-state index contributed by atoms with van der Waals surface area (Å²) in [7, 11) is -1.17. The van der Waals surface area contributed by atoms with Gasteiger partial charge in [0.15, 0.2) is 15.7 Å². The maximum Gasteiger partial charge on any atom is 0.226 e. The van der Waals surface area contributed by atoms with E-state index in [1.807, 2.05) is 7.05 Å². The quantitative estimate of drug-likeness (QED) is 0.774. The van der Waals surface area contributed by atoms with Crippen molar-refractivity contribution in [2.75, 3.05) is 19.3 Å². The molecule has 1 aromatic rings. The van der Waals surface area contributed by atoms with E-state index in [2.05, 4.69) is 15.5 Å². The first-order valence-corrected chi connectivity index (χ1v) is 7.53. The van der Waals surface area contributed by atoms with Gasteiger partial charge in [-0.25, -0.2) is 8.42 Å². The molecule has 0 amide bonds. The predicted molar refractivity (Wildman–Crippen MR) is 62.3 cm³/mol. The van der Waals surface area contributed by atoms with Crippen molar-refractivity contribution in [2.24, 2.45) is 0 Å². The standard InChI is InChI=1S/C10H17N3O3S/c1-11-6-2-5-9-12-10(13-16-9)8-4-3-7-17(8,14)15/h8,11H,2-7H2,1H3. The third kappa shape index (κ3) is 2.84. The van der Waals surface area contributed by atoms with Crippen molar-refractivity contribution in [3.05, 3.63) is 11.7 Å². The van der Waals surface area contributed by atoms with Gasteiger partial charge >= 0.3 is 0 Å². The molecule has 96 valence electrons. The van der Waals surface area contributed by atoms with E-state index < -0.39 is 15.1 Å². The molecule has 17 heavy (non-hydrogen) atoms. The molecule has 1 aliphatic heterocycles. The fourth-order valence-electron chi connectivity index (χ4n) is 2.00. The number of aryl methyl sites for hydroxylation is 1. The van der Waals surface area contributed by atoms with E-state index in [-0.39, 0.29) is 5.75 Å². The van der Waals surface area contributed by atoms with Crippen LogP contribution in [0.3, 0.4) is 0 Å². The van der Waals surface area contributed by atoms with Crippen LogP contribution in [0.25, 0.3) is 0 Å². The Labute approximate surface area is 101 Å². The van der Waals surface area contributed by atoms with Gasteiger partial charge in [-0.05, 0) is 32.9 Å². The summed E-state index contributed by atoms with van der Waals surface area (Å²) in [6, 6.07) is 0. The smallest absolute Gasteiger partial charge is 0.226 e. The maximum absolute atomic E-state index is 11.7. The predicted octanol–water partition coefficient (Wildman–Crippen LogP) is 0.471. The van der Waals surface area contributed by atoms with Crippen molar-refractivity contribution in [1.29, 1.82) is 0 Å². The third-order valence-corrected chi connectivity index (χ3v) is 5.09. The fraction of sp³-hybridized carbons (Fsp3) is 0.800. The molecule has 2 heterocycles. The van der Waals surface area contributed by atoms with Crippen LogP contribution in [0.2, 0.25) is 0 Å². The van der Waals surface area contributed by atoms with Crippen LogP contribution in [0.15, 0.2) is 4.52 Å². The van der Waals surface area contributed by atoms with Crippen LogP contribution in [-0.4, -0.2) is 37.9 Å². The van der Waals surface area contributed by atoms with Crippen LogP contribution in [0, 0.1) is 0 Å². The van der Waals surface area contributed by atoms with E-state index in [1.165, 1.54) is 0 Å². The van der Waals surface area contributed by atoms with Gasteiger partial charge in [0.2, 0.25) is 5.89 Å². The van der Waals surface area contributed by atoms with Crippen molar-refractivity contribution in [3.8, 4) is 0 Å². The highest BCUT2D eigenvalue weighted by Crippen LogP contribution is 2.32. The van der Waals surface area contributed by atoms with Crippen LogP contribution in [0.1, 0.15) is 36.2 Å². The molecule has 1 atom stereocenters. The van der Waals surface area contributed by atoms with Crippen LogP contribution in [0.4, 0.5) is 0 Å². The largest absolute Gasteiger partial charge is 0.339 e. The number of nitrogens with one attached hydrogen (secondary N) is 1. The van der Waals surface area contributed by atoms with Crippen molar-refractivity contribution < 1.29 is 12.9 Å². The van der Waals surface area contributed by atoms with Crippen LogP contribution in [-0.2, 0) is 16.3 Å². The molecule has 2 rings (SSSR count). The Balaban J connectivity index is 2.03. The van der Waals surface area contributed by atoms with Crippen LogP contribution in [0.5, 0.6) is 0 Å². The minimum atomic E-state index is -3.05. The summed E-state index contributed by atoms with van der Waals surface area (Å²) in [5, 5.41) is 6.26. The van der Waals surface area contributed by atoms with E-state index in [4.69, 9.17) is 4.52 Å². The lowest BCUT2D eigenvalue weighted by Crippen LogP contribution is -2.10. The molecular formula is C10H17N3O3S. The highest BCUT2D eigenvalue weighted by Gasteiger charge is 2.36. The van der Waals surface area contributed by atoms with Gasteiger partial charge in [0, 0.05) is 6.42 Å². The Bertz CT molecular complexity index is 469. The zero-order chi connectivity index (χ0) is 12.3. The molecule has 0 bridgehead atoms. The van der Waals surface area contributed by atoms with Crippen LogP contribution < -0.4 is 5.32 Å². The maximum atomic E-state index is 11.7. The van der Waals surface area contributed by atoms with Gasteiger partial charge in [0.05, 0.1) is 5.75 Å². The SMILES string of the molecule is CNCCCc1nc(C2CCCS2(=O)=O)no1. The number of hydrogen-bond donors (Lipinski definition) is 1. The van der Waals surface area contributed by atoms with Crippen molar-refractivity contribution in [2.45, 2.75) is 30.9 Å². The molecular weight excluding hydrogens is 242 g/mol. The van der Waals surface area contributed by atoms with Gasteiger partial charge in [-0.15, -0.1) is 0 Å². The molecule has 1 aromatic heterocycles. The molecule has 0 radical (unpaired) electrons. The fourth-order valence-corrected chi connectivity index (χ4v) is 3.79. The van der Waals surface area contributed by atoms with Gasteiger partial charge < -0.3 is 9.84 Å². The summed E-state index contributed by atoms with van der Waals surface area (Å²) in [6.07, 6.45) is 2.88. The lowest BCUT2D eigenvalue weighted by molar-refractivity contribution is 0.369. The number of rotatable bonds is 5. The Kier molecular flexibility index (Phi) is 3.78. The average molecular weight is 259 g/mol. The van der Waals surface area contributed by atoms with E-state index in [0.717, 1.165) is 13.0 Å². The number of nitrogens with zero attached hydrogens (tertiary/aromatic N) is 2. The molecule has 6 nitrogen and oxygen atoms in total. The summed E-state index contributed by atoms with van der Waals surface area (Å²) in [6.45, 7) is 0.874. The first-order valence-electron chi connectivity index (χ1n) is 5.82. The van der Waals surface area contributed by atoms with E-state index in [0.29, 0.717) is 31.0 Å². The average Bonchev–Trinajstić information content (AvgIpc) is 2.85. The highest BCUT2D eigenvalue weighted by molar-refractivity contribution is 7.91. The van der Waals surface area contributed by atoms with E-state index in [1.54, 1.807) is 0 Å². The molecule has 7 heteroatoms. The topological polar surface area (TPSA) is 85.1 Å². The first kappa shape index (κ1) is 12.5. The van der Waals surface area contributed by atoms with Gasteiger partial charge in [-0.1, -0.05) is 5.16 Å². The van der Waals surface area contributed by atoms with Gasteiger partial charge in [-0.3, -0.25) is 0 Å². The Morgan fingerprint density at radius 2 is 2.35 bits per heavy atom. The Hall–Kier alpha value is -0.950. The van der Waals surface area contributed by atoms with Crippen molar-refractivity contribution in [1.82, 2.24) is 15.5 Å². The minimum absolute atomic E-state index is 0.237. The second-order valence-corrected chi connectivity index (χ2v) is 6.55. The zero-order valence-electron chi connectivity index (χ0n) is 9.85. The number of aromatic nitrogens is 2. The minimum Gasteiger partial charge on any atom is -0.339 e. The summed E-state index contributed by atoms with van der Waals surface area (Å²) >= 11 is 0. The summed E-state index contributed by atoms with van der Waals surface area (Å²) in [5.41, 5.74) is 0. The molecule has 1 saturated heterocycles. The zero-order valence-corrected chi connectivity index (χ0v) is 10.7. The Morgan fingerprint density at radius 3 is 3.00 bits per heavy atom. The molecule has 1 N–H and O–H groups in total. The van der Waals surface area contributed by atoms with E-state index in [9.17, 15) is 8.42 Å².